The first-order valence-electron chi connectivity index (χ1n) is 10.0. The van der Waals surface area contributed by atoms with Gasteiger partial charge in [-0.3, -0.25) is 4.57 Å². The van der Waals surface area contributed by atoms with Gasteiger partial charge in [-0.1, -0.05) is 30.0 Å². The molecule has 1 atom stereocenters. The van der Waals surface area contributed by atoms with Crippen molar-refractivity contribution in [2.24, 2.45) is 0 Å². The highest BCUT2D eigenvalue weighted by molar-refractivity contribution is 7.99. The maximum Gasteiger partial charge on any atom is 0.228 e. The van der Waals surface area contributed by atoms with Crippen molar-refractivity contribution >= 4 is 17.7 Å². The Morgan fingerprint density at radius 3 is 2.54 bits per heavy atom. The van der Waals surface area contributed by atoms with Crippen LogP contribution >= 0.6 is 11.8 Å². The Hall–Kier alpha value is -2.42. The molecular formula is C19H24N8S. The van der Waals surface area contributed by atoms with E-state index in [2.05, 4.69) is 42.1 Å². The smallest absolute Gasteiger partial charge is 0.228 e. The lowest BCUT2D eigenvalue weighted by Gasteiger charge is -2.28. The fourth-order valence-electron chi connectivity index (χ4n) is 3.72. The third kappa shape index (κ3) is 3.39. The fraction of sp³-hybridized carbons (Fsp3) is 0.526. The molecule has 2 fully saturated rings. The molecule has 28 heavy (non-hydrogen) atoms. The van der Waals surface area contributed by atoms with Gasteiger partial charge in [-0.05, 0) is 61.6 Å². The molecule has 0 amide bonds. The topological polar surface area (TPSA) is 77.6 Å². The number of rotatable bonds is 6. The highest BCUT2D eigenvalue weighted by atomic mass is 32.2. The minimum absolute atomic E-state index is 0.0612. The average Bonchev–Trinajstić information content (AvgIpc) is 3.30. The van der Waals surface area contributed by atoms with E-state index in [1.165, 1.54) is 32.1 Å². The lowest BCUT2D eigenvalue weighted by atomic mass is 10.1. The Morgan fingerprint density at radius 2 is 1.79 bits per heavy atom. The molecule has 9 heteroatoms. The normalized spacial score (nSPS) is 18.4. The van der Waals surface area contributed by atoms with E-state index in [0.717, 1.165) is 35.7 Å². The van der Waals surface area contributed by atoms with Gasteiger partial charge in [-0.2, -0.15) is 4.68 Å². The number of hydrogen-bond donors (Lipinski definition) is 0. The molecule has 146 valence electrons. The van der Waals surface area contributed by atoms with E-state index in [1.807, 2.05) is 30.3 Å². The van der Waals surface area contributed by atoms with Gasteiger partial charge in [0.15, 0.2) is 11.0 Å². The second-order valence-electron chi connectivity index (χ2n) is 7.48. The van der Waals surface area contributed by atoms with Crippen molar-refractivity contribution in [2.45, 2.75) is 55.5 Å². The van der Waals surface area contributed by atoms with Crippen molar-refractivity contribution in [1.29, 1.82) is 0 Å². The van der Waals surface area contributed by atoms with Gasteiger partial charge in [0.2, 0.25) is 5.95 Å². The van der Waals surface area contributed by atoms with Crippen molar-refractivity contribution in [3.05, 3.63) is 36.2 Å². The quantitative estimate of drug-likeness (QED) is 0.591. The van der Waals surface area contributed by atoms with Gasteiger partial charge < -0.3 is 4.90 Å². The van der Waals surface area contributed by atoms with E-state index in [1.54, 1.807) is 16.4 Å². The summed E-state index contributed by atoms with van der Waals surface area (Å²) in [5.41, 5.74) is 0.965. The molecule has 8 nitrogen and oxygen atoms in total. The summed E-state index contributed by atoms with van der Waals surface area (Å²) in [6.07, 6.45) is 6.21. The first-order valence-corrected chi connectivity index (χ1v) is 10.9. The van der Waals surface area contributed by atoms with Gasteiger partial charge >= 0.3 is 0 Å². The maximum atomic E-state index is 4.58. The Labute approximate surface area is 168 Å². The number of benzene rings is 1. The number of tetrazole rings is 1. The summed E-state index contributed by atoms with van der Waals surface area (Å²) in [7, 11) is 0. The van der Waals surface area contributed by atoms with Crippen molar-refractivity contribution in [3.63, 3.8) is 0 Å². The first kappa shape index (κ1) is 17.7. The van der Waals surface area contributed by atoms with E-state index in [-0.39, 0.29) is 5.25 Å². The summed E-state index contributed by atoms with van der Waals surface area (Å²) in [5, 5.41) is 22.6. The van der Waals surface area contributed by atoms with Crippen molar-refractivity contribution < 1.29 is 0 Å². The summed E-state index contributed by atoms with van der Waals surface area (Å²) in [6, 6.07) is 10.5. The predicted octanol–water partition coefficient (Wildman–Crippen LogP) is 3.43. The molecule has 2 aliphatic rings. The summed E-state index contributed by atoms with van der Waals surface area (Å²) >= 11 is 1.69. The SMILES string of the molecule is CC(Sc1nnc(N2CCCCC2)n1C1CC1)c1nnnn1-c1ccccc1. The van der Waals surface area contributed by atoms with Crippen molar-refractivity contribution in [2.75, 3.05) is 18.0 Å². The van der Waals surface area contributed by atoms with Gasteiger partial charge in [-0.15, -0.1) is 15.3 Å². The number of hydrogen-bond acceptors (Lipinski definition) is 7. The van der Waals surface area contributed by atoms with E-state index in [4.69, 9.17) is 0 Å². The van der Waals surface area contributed by atoms with Crippen LogP contribution in [0.1, 0.15) is 56.1 Å². The standard InChI is InChI=1S/C19H24N8S/c1-14(17-20-23-24-27(17)16-8-4-2-5-9-16)28-19-22-21-18(26(19)15-10-11-15)25-12-6-3-7-13-25/h2,4-5,8-9,14-15H,3,6-7,10-13H2,1H3. The molecule has 2 aromatic heterocycles. The number of nitrogens with zero attached hydrogens (tertiary/aromatic N) is 8. The molecule has 0 radical (unpaired) electrons. The first-order chi connectivity index (χ1) is 13.8. The van der Waals surface area contributed by atoms with Gasteiger partial charge in [0.25, 0.3) is 0 Å². The molecule has 1 aliphatic heterocycles. The van der Waals surface area contributed by atoms with Crippen LogP contribution in [0.3, 0.4) is 0 Å². The lowest BCUT2D eigenvalue weighted by Crippen LogP contribution is -2.31. The number of anilines is 1. The zero-order valence-corrected chi connectivity index (χ0v) is 16.8. The van der Waals surface area contributed by atoms with Gasteiger partial charge in [0, 0.05) is 19.1 Å². The highest BCUT2D eigenvalue weighted by Crippen LogP contribution is 2.44. The van der Waals surface area contributed by atoms with Crippen LogP contribution in [0.5, 0.6) is 0 Å². The fourth-order valence-corrected chi connectivity index (χ4v) is 4.72. The Kier molecular flexibility index (Phi) is 4.76. The van der Waals surface area contributed by atoms with Crippen molar-refractivity contribution in [1.82, 2.24) is 35.0 Å². The van der Waals surface area contributed by atoms with E-state index in [0.29, 0.717) is 6.04 Å². The lowest BCUT2D eigenvalue weighted by molar-refractivity contribution is 0.548. The molecule has 1 unspecified atom stereocenters. The number of para-hydroxylation sites is 1. The molecule has 0 N–H and O–H groups in total. The summed E-state index contributed by atoms with van der Waals surface area (Å²) < 4.78 is 4.16. The highest BCUT2D eigenvalue weighted by Gasteiger charge is 2.33. The molecule has 1 saturated carbocycles. The average molecular weight is 397 g/mol. The van der Waals surface area contributed by atoms with Crippen LogP contribution in [0.2, 0.25) is 0 Å². The van der Waals surface area contributed by atoms with E-state index < -0.39 is 0 Å². The summed E-state index contributed by atoms with van der Waals surface area (Å²) in [5.74, 6) is 1.86. The number of aromatic nitrogens is 7. The zero-order valence-electron chi connectivity index (χ0n) is 16.0. The molecular weight excluding hydrogens is 372 g/mol. The molecule has 0 bridgehead atoms. The monoisotopic (exact) mass is 396 g/mol. The molecule has 1 aromatic carbocycles. The summed E-state index contributed by atoms with van der Waals surface area (Å²) in [4.78, 5) is 2.40. The van der Waals surface area contributed by atoms with Crippen LogP contribution in [0.15, 0.2) is 35.5 Å². The molecule has 1 saturated heterocycles. The Balaban J connectivity index is 1.41. The van der Waals surface area contributed by atoms with Crippen LogP contribution in [0.4, 0.5) is 5.95 Å². The largest absolute Gasteiger partial charge is 0.341 e. The van der Waals surface area contributed by atoms with Crippen LogP contribution in [-0.2, 0) is 0 Å². The van der Waals surface area contributed by atoms with E-state index in [9.17, 15) is 0 Å². The second kappa shape index (κ2) is 7.54. The molecule has 3 heterocycles. The van der Waals surface area contributed by atoms with Crippen LogP contribution < -0.4 is 4.90 Å². The molecule has 0 spiro atoms. The van der Waals surface area contributed by atoms with Crippen LogP contribution in [-0.4, -0.2) is 48.1 Å². The Bertz CT molecular complexity index is 927. The second-order valence-corrected chi connectivity index (χ2v) is 8.78. The minimum Gasteiger partial charge on any atom is -0.341 e. The number of thioether (sulfide) groups is 1. The van der Waals surface area contributed by atoms with Crippen LogP contribution in [0.25, 0.3) is 5.69 Å². The Morgan fingerprint density at radius 1 is 1.00 bits per heavy atom. The summed E-state index contributed by atoms with van der Waals surface area (Å²) in [6.45, 7) is 4.29. The third-order valence-corrected chi connectivity index (χ3v) is 6.39. The maximum absolute atomic E-state index is 4.58. The van der Waals surface area contributed by atoms with Crippen molar-refractivity contribution in [3.8, 4) is 5.69 Å². The number of piperidine rings is 1. The molecule has 5 rings (SSSR count). The third-order valence-electron chi connectivity index (χ3n) is 5.34. The zero-order chi connectivity index (χ0) is 18.9. The van der Waals surface area contributed by atoms with Crippen LogP contribution in [0, 0.1) is 0 Å². The van der Waals surface area contributed by atoms with Gasteiger partial charge in [0.1, 0.15) is 0 Å². The molecule has 3 aromatic rings. The van der Waals surface area contributed by atoms with Gasteiger partial charge in [0.05, 0.1) is 10.9 Å². The van der Waals surface area contributed by atoms with Gasteiger partial charge in [-0.25, -0.2) is 0 Å². The minimum atomic E-state index is 0.0612. The van der Waals surface area contributed by atoms with E-state index >= 15 is 0 Å². The molecule has 1 aliphatic carbocycles. The predicted molar refractivity (Wildman–Crippen MR) is 108 cm³/mol.